The van der Waals surface area contributed by atoms with E-state index in [1.165, 1.54) is 89.9 Å². The van der Waals surface area contributed by atoms with E-state index in [1.807, 2.05) is 36.5 Å². The lowest BCUT2D eigenvalue weighted by atomic mass is 10.0. The van der Waals surface area contributed by atoms with Crippen molar-refractivity contribution in [1.82, 2.24) is 5.32 Å². The second-order valence-corrected chi connectivity index (χ2v) is 16.3. The standard InChI is InChI=1S/C52H91NO5/c1-4-7-10-13-16-19-22-24-25-26-28-29-31-34-37-40-43-48(58-52(57)45-42-39-36-33-30-27-23-20-17-14-11-8-5-2)46-51(56)53-49(47-54)50(55)44-41-38-35-32-21-18-15-12-9-6-3/h10,13,16,19,22,24-30,48-50,54-55H,4-9,11-12,14-15,17-18,20-21,23,31-47H2,1-3H3,(H,53,56)/b13-10+,19-16+,24-22+,26-25+,29-28+,30-27-. The van der Waals surface area contributed by atoms with Gasteiger partial charge < -0.3 is 20.3 Å². The maximum atomic E-state index is 13.2. The molecule has 0 fully saturated rings. The third-order valence-corrected chi connectivity index (χ3v) is 10.6. The van der Waals surface area contributed by atoms with Crippen molar-refractivity contribution in [3.05, 3.63) is 72.9 Å². The highest BCUT2D eigenvalue weighted by molar-refractivity contribution is 5.77. The van der Waals surface area contributed by atoms with E-state index in [0.717, 1.165) is 83.5 Å². The fourth-order valence-corrected chi connectivity index (χ4v) is 6.92. The van der Waals surface area contributed by atoms with Crippen LogP contribution in [0.5, 0.6) is 0 Å². The molecular weight excluding hydrogens is 719 g/mol. The lowest BCUT2D eigenvalue weighted by Gasteiger charge is -2.24. The Morgan fingerprint density at radius 3 is 1.47 bits per heavy atom. The summed E-state index contributed by atoms with van der Waals surface area (Å²) in [5, 5.41) is 23.6. The van der Waals surface area contributed by atoms with E-state index >= 15 is 0 Å². The molecule has 58 heavy (non-hydrogen) atoms. The van der Waals surface area contributed by atoms with Crippen molar-refractivity contribution in [1.29, 1.82) is 0 Å². The molecule has 6 nitrogen and oxygen atoms in total. The number of carbonyl (C=O) groups excluding carboxylic acids is 2. The minimum atomic E-state index is -0.803. The van der Waals surface area contributed by atoms with E-state index < -0.39 is 18.2 Å². The largest absolute Gasteiger partial charge is 0.462 e. The van der Waals surface area contributed by atoms with Crippen molar-refractivity contribution in [3.8, 4) is 0 Å². The number of unbranched alkanes of at least 4 members (excludes halogenated alkanes) is 22. The van der Waals surface area contributed by atoms with Crippen LogP contribution in [0, 0.1) is 0 Å². The Bertz CT molecular complexity index is 1090. The Hall–Kier alpha value is -2.70. The van der Waals surface area contributed by atoms with Gasteiger partial charge in [-0.15, -0.1) is 0 Å². The highest BCUT2D eigenvalue weighted by atomic mass is 16.5. The zero-order valence-electron chi connectivity index (χ0n) is 37.9. The fraction of sp³-hybridized carbons (Fsp3) is 0.731. The first kappa shape index (κ1) is 55.3. The smallest absolute Gasteiger partial charge is 0.306 e. The number of carbonyl (C=O) groups is 2. The molecule has 334 valence electrons. The molecule has 6 heteroatoms. The molecule has 0 aromatic rings. The molecule has 0 saturated heterocycles. The predicted octanol–water partition coefficient (Wildman–Crippen LogP) is 14.2. The lowest BCUT2D eigenvalue weighted by Crippen LogP contribution is -2.46. The molecule has 0 spiro atoms. The Morgan fingerprint density at radius 1 is 0.500 bits per heavy atom. The Labute approximate surface area is 358 Å². The first-order valence-corrected chi connectivity index (χ1v) is 24.2. The van der Waals surface area contributed by atoms with Gasteiger partial charge in [-0.25, -0.2) is 0 Å². The normalized spacial score (nSPS) is 13.9. The summed E-state index contributed by atoms with van der Waals surface area (Å²) in [7, 11) is 0. The minimum absolute atomic E-state index is 0.0407. The number of rotatable bonds is 42. The Balaban J connectivity index is 4.75. The lowest BCUT2D eigenvalue weighted by molar-refractivity contribution is -0.151. The molecule has 0 aromatic carbocycles. The second-order valence-electron chi connectivity index (χ2n) is 16.3. The summed E-state index contributed by atoms with van der Waals surface area (Å²) in [5.74, 6) is -0.540. The molecule has 3 N–H and O–H groups in total. The summed E-state index contributed by atoms with van der Waals surface area (Å²) < 4.78 is 5.89. The number of hydrogen-bond donors (Lipinski definition) is 3. The molecule has 1 amide bonds. The van der Waals surface area contributed by atoms with Gasteiger partial charge in [0, 0.05) is 6.42 Å². The molecule has 0 radical (unpaired) electrons. The van der Waals surface area contributed by atoms with E-state index in [1.54, 1.807) is 0 Å². The van der Waals surface area contributed by atoms with Crippen LogP contribution < -0.4 is 5.32 Å². The predicted molar refractivity (Wildman–Crippen MR) is 250 cm³/mol. The van der Waals surface area contributed by atoms with Crippen LogP contribution in [0.2, 0.25) is 0 Å². The number of nitrogens with one attached hydrogen (secondary N) is 1. The van der Waals surface area contributed by atoms with Crippen LogP contribution in [-0.2, 0) is 14.3 Å². The van der Waals surface area contributed by atoms with Gasteiger partial charge in [0.25, 0.3) is 0 Å². The van der Waals surface area contributed by atoms with Crippen molar-refractivity contribution in [2.45, 2.75) is 238 Å². The van der Waals surface area contributed by atoms with Gasteiger partial charge in [0.05, 0.1) is 25.2 Å². The van der Waals surface area contributed by atoms with E-state index in [-0.39, 0.29) is 24.9 Å². The molecule has 0 bridgehead atoms. The average molecular weight is 810 g/mol. The van der Waals surface area contributed by atoms with Crippen molar-refractivity contribution in [2.24, 2.45) is 0 Å². The zero-order chi connectivity index (χ0) is 42.4. The number of aliphatic hydroxyl groups is 2. The van der Waals surface area contributed by atoms with Gasteiger partial charge in [-0.05, 0) is 70.6 Å². The summed E-state index contributed by atoms with van der Waals surface area (Å²) in [5.41, 5.74) is 0. The first-order chi connectivity index (χ1) is 28.5. The summed E-state index contributed by atoms with van der Waals surface area (Å²) in [6.07, 6.45) is 56.7. The van der Waals surface area contributed by atoms with E-state index in [0.29, 0.717) is 19.3 Å². The summed E-state index contributed by atoms with van der Waals surface area (Å²) >= 11 is 0. The molecule has 0 aliphatic heterocycles. The highest BCUT2D eigenvalue weighted by Gasteiger charge is 2.24. The average Bonchev–Trinajstić information content (AvgIpc) is 3.22. The summed E-state index contributed by atoms with van der Waals surface area (Å²) in [6.45, 7) is 6.35. The van der Waals surface area contributed by atoms with Gasteiger partial charge in [0.15, 0.2) is 0 Å². The van der Waals surface area contributed by atoms with Crippen molar-refractivity contribution in [2.75, 3.05) is 6.61 Å². The van der Waals surface area contributed by atoms with Crippen LogP contribution in [0.4, 0.5) is 0 Å². The number of allylic oxidation sites excluding steroid dienone is 12. The van der Waals surface area contributed by atoms with Crippen LogP contribution in [0.25, 0.3) is 0 Å². The molecular formula is C52H91NO5. The quantitative estimate of drug-likeness (QED) is 0.0247. The zero-order valence-corrected chi connectivity index (χ0v) is 37.9. The number of hydrogen-bond acceptors (Lipinski definition) is 5. The van der Waals surface area contributed by atoms with Gasteiger partial charge in [0.1, 0.15) is 6.10 Å². The molecule has 3 unspecified atom stereocenters. The Kier molecular flexibility index (Phi) is 43.3. The van der Waals surface area contributed by atoms with E-state index in [9.17, 15) is 19.8 Å². The number of aliphatic hydroxyl groups excluding tert-OH is 2. The van der Waals surface area contributed by atoms with Crippen LogP contribution in [0.15, 0.2) is 72.9 Å². The van der Waals surface area contributed by atoms with E-state index in [4.69, 9.17) is 4.74 Å². The molecule has 0 aliphatic carbocycles. The Morgan fingerprint density at radius 2 is 0.931 bits per heavy atom. The van der Waals surface area contributed by atoms with Crippen LogP contribution in [-0.4, -0.2) is 46.9 Å². The van der Waals surface area contributed by atoms with Gasteiger partial charge in [-0.2, -0.15) is 0 Å². The molecule has 0 aliphatic rings. The first-order valence-electron chi connectivity index (χ1n) is 24.2. The van der Waals surface area contributed by atoms with Crippen molar-refractivity contribution >= 4 is 11.9 Å². The fourth-order valence-electron chi connectivity index (χ4n) is 6.92. The monoisotopic (exact) mass is 810 g/mol. The molecule has 0 rings (SSSR count). The topological polar surface area (TPSA) is 95.9 Å². The second kappa shape index (κ2) is 45.4. The molecule has 0 heterocycles. The molecule has 3 atom stereocenters. The van der Waals surface area contributed by atoms with Crippen molar-refractivity contribution < 1.29 is 24.5 Å². The van der Waals surface area contributed by atoms with Gasteiger partial charge in [0.2, 0.25) is 5.91 Å². The van der Waals surface area contributed by atoms with Crippen LogP contribution in [0.3, 0.4) is 0 Å². The summed E-state index contributed by atoms with van der Waals surface area (Å²) in [4.78, 5) is 26.0. The number of esters is 1. The van der Waals surface area contributed by atoms with Crippen LogP contribution in [0.1, 0.15) is 220 Å². The number of ether oxygens (including phenoxy) is 1. The summed E-state index contributed by atoms with van der Waals surface area (Å²) in [6, 6.07) is -0.720. The molecule has 0 aromatic heterocycles. The molecule has 0 saturated carbocycles. The number of amides is 1. The van der Waals surface area contributed by atoms with Gasteiger partial charge in [-0.3, -0.25) is 9.59 Å². The van der Waals surface area contributed by atoms with Crippen LogP contribution >= 0.6 is 0 Å². The third-order valence-electron chi connectivity index (χ3n) is 10.6. The maximum absolute atomic E-state index is 13.2. The third kappa shape index (κ3) is 40.1. The van der Waals surface area contributed by atoms with Crippen molar-refractivity contribution in [3.63, 3.8) is 0 Å². The maximum Gasteiger partial charge on any atom is 0.306 e. The van der Waals surface area contributed by atoms with Gasteiger partial charge in [-0.1, -0.05) is 209 Å². The van der Waals surface area contributed by atoms with Gasteiger partial charge >= 0.3 is 5.97 Å². The highest BCUT2D eigenvalue weighted by Crippen LogP contribution is 2.17. The minimum Gasteiger partial charge on any atom is -0.462 e. The SMILES string of the molecule is CCC/C=C/C=C/C=C/C=C/C=C/CCCCCC(CC(=O)NC(CO)C(O)CCCCCCCCCCCC)OC(=O)CCCCC/C=C\CCCCCCCC. The van der Waals surface area contributed by atoms with E-state index in [2.05, 4.69) is 62.5 Å².